The number of hydrogen-bond acceptors (Lipinski definition) is 2. The van der Waals surface area contributed by atoms with Crippen LogP contribution < -0.4 is 5.32 Å². The quantitative estimate of drug-likeness (QED) is 0.876. The van der Waals surface area contributed by atoms with E-state index in [0.717, 1.165) is 17.8 Å². The van der Waals surface area contributed by atoms with Crippen molar-refractivity contribution < 1.29 is 4.39 Å². The normalized spacial score (nSPS) is 12.9. The molecule has 0 amide bonds. The summed E-state index contributed by atoms with van der Waals surface area (Å²) in [5.74, 6) is -0.149. The fourth-order valence-electron chi connectivity index (χ4n) is 2.44. The summed E-state index contributed by atoms with van der Waals surface area (Å²) in [5, 5.41) is 7.92. The number of nitrogens with one attached hydrogen (secondary N) is 1. The first kappa shape index (κ1) is 15.7. The van der Waals surface area contributed by atoms with E-state index in [1.54, 1.807) is 6.07 Å². The highest BCUT2D eigenvalue weighted by molar-refractivity contribution is 5.27. The van der Waals surface area contributed by atoms with Crippen molar-refractivity contribution in [1.29, 1.82) is 0 Å². The van der Waals surface area contributed by atoms with Crippen molar-refractivity contribution in [1.82, 2.24) is 15.1 Å². The third-order valence-corrected chi connectivity index (χ3v) is 3.59. The number of aromatic nitrogens is 2. The monoisotopic (exact) mass is 289 g/mol. The smallest absolute Gasteiger partial charge is 0.128 e. The molecular weight excluding hydrogens is 265 g/mol. The van der Waals surface area contributed by atoms with Crippen molar-refractivity contribution in [2.45, 2.75) is 46.2 Å². The Kier molecular flexibility index (Phi) is 5.12. The third-order valence-electron chi connectivity index (χ3n) is 3.59. The van der Waals surface area contributed by atoms with Gasteiger partial charge in [0.05, 0.1) is 5.69 Å². The molecule has 1 aromatic heterocycles. The lowest BCUT2D eigenvalue weighted by molar-refractivity contribution is 0.490. The van der Waals surface area contributed by atoms with Crippen molar-refractivity contribution in [2.24, 2.45) is 0 Å². The molecule has 21 heavy (non-hydrogen) atoms. The number of rotatable bonds is 6. The number of aryl methyl sites for hydroxylation is 1. The molecule has 0 aliphatic carbocycles. The Morgan fingerprint density at radius 1 is 1.29 bits per heavy atom. The van der Waals surface area contributed by atoms with Crippen LogP contribution in [0.4, 0.5) is 4.39 Å². The average Bonchev–Trinajstić information content (AvgIpc) is 2.87. The zero-order valence-electron chi connectivity index (χ0n) is 13.2. The summed E-state index contributed by atoms with van der Waals surface area (Å²) < 4.78 is 16.1. The second-order valence-electron chi connectivity index (χ2n) is 5.72. The van der Waals surface area contributed by atoms with Crippen LogP contribution in [-0.4, -0.2) is 16.3 Å². The summed E-state index contributed by atoms with van der Waals surface area (Å²) in [6, 6.07) is 7.72. The van der Waals surface area contributed by atoms with Gasteiger partial charge in [-0.3, -0.25) is 4.68 Å². The molecule has 2 aromatic rings. The first-order chi connectivity index (χ1) is 10.0. The molecule has 3 nitrogen and oxygen atoms in total. The van der Waals surface area contributed by atoms with E-state index in [-0.39, 0.29) is 11.9 Å². The van der Waals surface area contributed by atoms with Crippen LogP contribution in [0.15, 0.2) is 30.5 Å². The van der Waals surface area contributed by atoms with Gasteiger partial charge in [-0.15, -0.1) is 0 Å². The van der Waals surface area contributed by atoms with Gasteiger partial charge in [-0.1, -0.05) is 19.1 Å². The van der Waals surface area contributed by atoms with Crippen molar-refractivity contribution in [2.75, 3.05) is 6.54 Å². The predicted octanol–water partition coefficient (Wildman–Crippen LogP) is 3.80. The molecule has 1 unspecified atom stereocenters. The average molecular weight is 289 g/mol. The number of hydrogen-bond donors (Lipinski definition) is 1. The van der Waals surface area contributed by atoms with Crippen molar-refractivity contribution in [3.05, 3.63) is 53.1 Å². The molecule has 114 valence electrons. The molecule has 0 spiro atoms. The van der Waals surface area contributed by atoms with E-state index in [9.17, 15) is 4.39 Å². The van der Waals surface area contributed by atoms with E-state index >= 15 is 0 Å². The molecule has 0 bridgehead atoms. The molecule has 2 rings (SSSR count). The second-order valence-corrected chi connectivity index (χ2v) is 5.72. The highest BCUT2D eigenvalue weighted by Gasteiger charge is 2.17. The number of benzene rings is 1. The van der Waals surface area contributed by atoms with Crippen molar-refractivity contribution in [3.8, 4) is 0 Å². The summed E-state index contributed by atoms with van der Waals surface area (Å²) in [5.41, 5.74) is 2.63. The van der Waals surface area contributed by atoms with Gasteiger partial charge in [-0.25, -0.2) is 4.39 Å². The fraction of sp³-hybridized carbons (Fsp3) is 0.471. The summed E-state index contributed by atoms with van der Waals surface area (Å²) in [6.07, 6.45) is 2.67. The number of likely N-dealkylation sites (N-methyl/N-ethyl adjacent to an activating group) is 1. The van der Waals surface area contributed by atoms with Crippen molar-refractivity contribution >= 4 is 0 Å². The Labute approximate surface area is 126 Å². The van der Waals surface area contributed by atoms with Gasteiger partial charge >= 0.3 is 0 Å². The van der Waals surface area contributed by atoms with E-state index in [4.69, 9.17) is 0 Å². The largest absolute Gasteiger partial charge is 0.310 e. The van der Waals surface area contributed by atoms with Crippen LogP contribution in [0.1, 0.15) is 49.7 Å². The maximum absolute atomic E-state index is 14.2. The van der Waals surface area contributed by atoms with Crippen molar-refractivity contribution in [3.63, 3.8) is 0 Å². The van der Waals surface area contributed by atoms with Crippen LogP contribution >= 0.6 is 0 Å². The topological polar surface area (TPSA) is 29.9 Å². The highest BCUT2D eigenvalue weighted by Crippen LogP contribution is 2.22. The van der Waals surface area contributed by atoms with Gasteiger partial charge < -0.3 is 5.32 Å². The van der Waals surface area contributed by atoms with Crippen LogP contribution in [0.2, 0.25) is 0 Å². The second kappa shape index (κ2) is 6.85. The van der Waals surface area contributed by atoms with Gasteiger partial charge in [0.15, 0.2) is 0 Å². The lowest BCUT2D eigenvalue weighted by atomic mass is 10.00. The third kappa shape index (κ3) is 3.91. The number of nitrogens with zero attached hydrogens (tertiary/aromatic N) is 2. The molecule has 0 aliphatic rings. The van der Waals surface area contributed by atoms with E-state index in [1.165, 1.54) is 0 Å². The standard InChI is InChI=1S/C17H24FN3/c1-5-19-17(15-7-6-13(4)10-16(15)18)11-14-8-9-21(20-14)12(2)3/h6-10,12,17,19H,5,11H2,1-4H3. The molecule has 0 aliphatic heterocycles. The molecule has 4 heteroatoms. The van der Waals surface area contributed by atoms with Gasteiger partial charge in [0.1, 0.15) is 5.82 Å². The van der Waals surface area contributed by atoms with Gasteiger partial charge in [0.2, 0.25) is 0 Å². The van der Waals surface area contributed by atoms with Crippen LogP contribution in [0.25, 0.3) is 0 Å². The maximum Gasteiger partial charge on any atom is 0.128 e. The zero-order chi connectivity index (χ0) is 15.4. The number of halogens is 1. The molecule has 1 heterocycles. The van der Waals surface area contributed by atoms with Gasteiger partial charge in [-0.05, 0) is 45.0 Å². The maximum atomic E-state index is 14.2. The molecule has 0 saturated heterocycles. The van der Waals surface area contributed by atoms with Crippen LogP contribution in [0.5, 0.6) is 0 Å². The van der Waals surface area contributed by atoms with Gasteiger partial charge in [0.25, 0.3) is 0 Å². The van der Waals surface area contributed by atoms with E-state index in [1.807, 2.05) is 42.9 Å². The van der Waals surface area contributed by atoms with Crippen LogP contribution in [0.3, 0.4) is 0 Å². The Morgan fingerprint density at radius 2 is 2.05 bits per heavy atom. The van der Waals surface area contributed by atoms with Gasteiger partial charge in [0, 0.05) is 30.3 Å². The summed E-state index contributed by atoms with van der Waals surface area (Å²) in [7, 11) is 0. The van der Waals surface area contributed by atoms with Crippen LogP contribution in [0, 0.1) is 12.7 Å². The first-order valence-corrected chi connectivity index (χ1v) is 7.54. The molecule has 1 aromatic carbocycles. The minimum atomic E-state index is -0.149. The lowest BCUT2D eigenvalue weighted by Crippen LogP contribution is -2.24. The molecule has 0 saturated carbocycles. The Bertz CT molecular complexity index is 589. The Balaban J connectivity index is 2.21. The molecule has 0 radical (unpaired) electrons. The fourth-order valence-corrected chi connectivity index (χ4v) is 2.44. The summed E-state index contributed by atoms with van der Waals surface area (Å²) >= 11 is 0. The van der Waals surface area contributed by atoms with E-state index in [2.05, 4.69) is 24.3 Å². The van der Waals surface area contributed by atoms with Crippen LogP contribution in [-0.2, 0) is 6.42 Å². The van der Waals surface area contributed by atoms with Gasteiger partial charge in [-0.2, -0.15) is 5.10 Å². The minimum absolute atomic E-state index is 0.0499. The highest BCUT2D eigenvalue weighted by atomic mass is 19.1. The molecular formula is C17H24FN3. The molecule has 1 atom stereocenters. The lowest BCUT2D eigenvalue weighted by Gasteiger charge is -2.18. The Hall–Kier alpha value is -1.68. The molecule has 1 N–H and O–H groups in total. The summed E-state index contributed by atoms with van der Waals surface area (Å²) in [4.78, 5) is 0. The summed E-state index contributed by atoms with van der Waals surface area (Å²) in [6.45, 7) is 8.92. The van der Waals surface area contributed by atoms with E-state index in [0.29, 0.717) is 18.0 Å². The Morgan fingerprint density at radius 3 is 2.62 bits per heavy atom. The molecule has 0 fully saturated rings. The van der Waals surface area contributed by atoms with E-state index < -0.39 is 0 Å². The predicted molar refractivity (Wildman–Crippen MR) is 83.9 cm³/mol. The minimum Gasteiger partial charge on any atom is -0.310 e. The SMILES string of the molecule is CCNC(Cc1ccn(C(C)C)n1)c1ccc(C)cc1F. The zero-order valence-corrected chi connectivity index (χ0v) is 13.2. The first-order valence-electron chi connectivity index (χ1n) is 7.54.